The normalized spacial score (nSPS) is 10.8. The van der Waals surface area contributed by atoms with Crippen LogP contribution in [0.1, 0.15) is 25.5 Å². The average Bonchev–Trinajstić information content (AvgIpc) is 2.46. The molecule has 1 rings (SSSR count). The predicted molar refractivity (Wildman–Crippen MR) is 64.2 cm³/mol. The Kier molecular flexibility index (Phi) is 5.41. The number of rotatable bonds is 6. The molecule has 1 aromatic heterocycles. The van der Waals surface area contributed by atoms with Crippen LogP contribution in [0, 0.1) is 0 Å². The zero-order valence-corrected chi connectivity index (χ0v) is 10.4. The molecule has 0 spiro atoms. The highest BCUT2D eigenvalue weighted by atomic mass is 35.5. The third kappa shape index (κ3) is 3.93. The SMILES string of the molecule is CCCCSCCc1cc(Cl)n(C)n1. The molecule has 1 heterocycles. The van der Waals surface area contributed by atoms with Gasteiger partial charge in [-0.05, 0) is 24.0 Å². The van der Waals surface area contributed by atoms with Crippen molar-refractivity contribution in [3.05, 3.63) is 16.9 Å². The topological polar surface area (TPSA) is 17.8 Å². The number of nitrogens with zero attached hydrogens (tertiary/aromatic N) is 2. The first kappa shape index (κ1) is 11.9. The van der Waals surface area contributed by atoms with Crippen LogP contribution < -0.4 is 0 Å². The molecule has 1 aromatic rings. The van der Waals surface area contributed by atoms with Gasteiger partial charge in [0.2, 0.25) is 0 Å². The summed E-state index contributed by atoms with van der Waals surface area (Å²) in [7, 11) is 1.87. The molecule has 14 heavy (non-hydrogen) atoms. The molecule has 0 aliphatic carbocycles. The Bertz CT molecular complexity index is 254. The molecule has 0 atom stereocenters. The summed E-state index contributed by atoms with van der Waals surface area (Å²) >= 11 is 7.88. The van der Waals surface area contributed by atoms with Crippen LogP contribution >= 0.6 is 23.4 Å². The molecule has 0 saturated carbocycles. The van der Waals surface area contributed by atoms with Crippen molar-refractivity contribution in [2.24, 2.45) is 7.05 Å². The van der Waals surface area contributed by atoms with Crippen LogP contribution in [0.5, 0.6) is 0 Å². The molecule has 0 saturated heterocycles. The van der Waals surface area contributed by atoms with Gasteiger partial charge in [-0.1, -0.05) is 24.9 Å². The van der Waals surface area contributed by atoms with Crippen molar-refractivity contribution >= 4 is 23.4 Å². The molecule has 0 fully saturated rings. The summed E-state index contributed by atoms with van der Waals surface area (Å²) in [6, 6.07) is 1.95. The number of hydrogen-bond donors (Lipinski definition) is 0. The Morgan fingerprint density at radius 1 is 1.50 bits per heavy atom. The molecule has 0 aliphatic rings. The van der Waals surface area contributed by atoms with Gasteiger partial charge in [-0.3, -0.25) is 4.68 Å². The lowest BCUT2D eigenvalue weighted by Crippen LogP contribution is -1.94. The van der Waals surface area contributed by atoms with Crippen molar-refractivity contribution in [3.8, 4) is 0 Å². The van der Waals surface area contributed by atoms with Gasteiger partial charge in [0, 0.05) is 13.5 Å². The van der Waals surface area contributed by atoms with Gasteiger partial charge >= 0.3 is 0 Å². The molecule has 80 valence electrons. The average molecular weight is 233 g/mol. The largest absolute Gasteiger partial charge is 0.257 e. The third-order valence-electron chi connectivity index (χ3n) is 2.02. The fourth-order valence-corrected chi connectivity index (χ4v) is 2.36. The van der Waals surface area contributed by atoms with Gasteiger partial charge in [-0.25, -0.2) is 0 Å². The fraction of sp³-hybridized carbons (Fsp3) is 0.700. The van der Waals surface area contributed by atoms with Crippen LogP contribution in [-0.4, -0.2) is 21.3 Å². The summed E-state index contributed by atoms with van der Waals surface area (Å²) in [6.07, 6.45) is 3.62. The van der Waals surface area contributed by atoms with Crippen LogP contribution in [-0.2, 0) is 13.5 Å². The minimum atomic E-state index is 0.721. The van der Waals surface area contributed by atoms with Crippen LogP contribution in [0.4, 0.5) is 0 Å². The van der Waals surface area contributed by atoms with E-state index in [2.05, 4.69) is 12.0 Å². The number of aromatic nitrogens is 2. The second-order valence-corrected chi connectivity index (χ2v) is 4.91. The molecule has 4 heteroatoms. The smallest absolute Gasteiger partial charge is 0.126 e. The first-order valence-corrected chi connectivity index (χ1v) is 6.53. The number of unbranched alkanes of at least 4 members (excludes halogenated alkanes) is 1. The molecule has 0 N–H and O–H groups in total. The number of aryl methyl sites for hydroxylation is 2. The summed E-state index contributed by atoms with van der Waals surface area (Å²) in [5.74, 6) is 2.41. The van der Waals surface area contributed by atoms with E-state index in [1.807, 2.05) is 24.9 Å². The highest BCUT2D eigenvalue weighted by Gasteiger charge is 2.01. The van der Waals surface area contributed by atoms with Gasteiger partial charge in [0.1, 0.15) is 5.15 Å². The molecular formula is C10H17ClN2S. The lowest BCUT2D eigenvalue weighted by molar-refractivity contribution is 0.747. The lowest BCUT2D eigenvalue weighted by Gasteiger charge is -1.97. The van der Waals surface area contributed by atoms with Gasteiger partial charge in [0.25, 0.3) is 0 Å². The number of hydrogen-bond acceptors (Lipinski definition) is 2. The van der Waals surface area contributed by atoms with E-state index in [-0.39, 0.29) is 0 Å². The summed E-state index contributed by atoms with van der Waals surface area (Å²) in [5, 5.41) is 5.02. The molecule has 0 aliphatic heterocycles. The van der Waals surface area contributed by atoms with Gasteiger partial charge in [0.15, 0.2) is 0 Å². The van der Waals surface area contributed by atoms with E-state index < -0.39 is 0 Å². The van der Waals surface area contributed by atoms with E-state index in [0.29, 0.717) is 0 Å². The van der Waals surface area contributed by atoms with E-state index in [9.17, 15) is 0 Å². The van der Waals surface area contributed by atoms with Crippen LogP contribution in [0.25, 0.3) is 0 Å². The zero-order chi connectivity index (χ0) is 10.4. The maximum atomic E-state index is 5.89. The summed E-state index contributed by atoms with van der Waals surface area (Å²) in [5.41, 5.74) is 1.10. The van der Waals surface area contributed by atoms with Gasteiger partial charge < -0.3 is 0 Å². The Hall–Kier alpha value is -0.150. The summed E-state index contributed by atoms with van der Waals surface area (Å²) in [4.78, 5) is 0. The predicted octanol–water partition coefficient (Wildman–Crippen LogP) is 3.15. The van der Waals surface area contributed by atoms with Crippen molar-refractivity contribution < 1.29 is 0 Å². The van der Waals surface area contributed by atoms with Crippen molar-refractivity contribution in [3.63, 3.8) is 0 Å². The third-order valence-corrected chi connectivity index (χ3v) is 3.44. The zero-order valence-electron chi connectivity index (χ0n) is 8.79. The Balaban J connectivity index is 2.18. The van der Waals surface area contributed by atoms with Crippen LogP contribution in [0.2, 0.25) is 5.15 Å². The molecule has 2 nitrogen and oxygen atoms in total. The van der Waals surface area contributed by atoms with Gasteiger partial charge in [0.05, 0.1) is 5.69 Å². The standard InChI is InChI=1S/C10H17ClN2S/c1-3-4-6-14-7-5-9-8-10(11)13(2)12-9/h8H,3-7H2,1-2H3. The van der Waals surface area contributed by atoms with Crippen molar-refractivity contribution in [1.29, 1.82) is 0 Å². The van der Waals surface area contributed by atoms with E-state index in [0.717, 1.165) is 23.0 Å². The first-order chi connectivity index (χ1) is 6.74. The summed E-state index contributed by atoms with van der Waals surface area (Å²) < 4.78 is 1.72. The van der Waals surface area contributed by atoms with Crippen molar-refractivity contribution in [2.75, 3.05) is 11.5 Å². The first-order valence-electron chi connectivity index (χ1n) is 5.00. The fourth-order valence-electron chi connectivity index (χ4n) is 1.15. The van der Waals surface area contributed by atoms with Crippen LogP contribution in [0.15, 0.2) is 6.07 Å². The quantitative estimate of drug-likeness (QED) is 0.702. The van der Waals surface area contributed by atoms with Crippen molar-refractivity contribution in [1.82, 2.24) is 9.78 Å². The highest BCUT2D eigenvalue weighted by molar-refractivity contribution is 7.99. The number of halogens is 1. The molecule has 0 bridgehead atoms. The Labute approximate surface area is 95.0 Å². The number of thioether (sulfide) groups is 1. The minimum absolute atomic E-state index is 0.721. The molecule has 0 aromatic carbocycles. The molecule has 0 unspecified atom stereocenters. The monoisotopic (exact) mass is 232 g/mol. The van der Waals surface area contributed by atoms with E-state index >= 15 is 0 Å². The second kappa shape index (κ2) is 6.36. The van der Waals surface area contributed by atoms with E-state index in [4.69, 9.17) is 11.6 Å². The van der Waals surface area contributed by atoms with E-state index in [1.165, 1.54) is 18.6 Å². The summed E-state index contributed by atoms with van der Waals surface area (Å²) in [6.45, 7) is 2.22. The molecule has 0 amide bonds. The van der Waals surface area contributed by atoms with Gasteiger partial charge in [-0.2, -0.15) is 16.9 Å². The lowest BCUT2D eigenvalue weighted by atomic mass is 10.3. The highest BCUT2D eigenvalue weighted by Crippen LogP contribution is 2.12. The van der Waals surface area contributed by atoms with Crippen molar-refractivity contribution in [2.45, 2.75) is 26.2 Å². The maximum absolute atomic E-state index is 5.89. The van der Waals surface area contributed by atoms with E-state index in [1.54, 1.807) is 4.68 Å². The van der Waals surface area contributed by atoms with Gasteiger partial charge in [-0.15, -0.1) is 0 Å². The maximum Gasteiger partial charge on any atom is 0.126 e. The molecular weight excluding hydrogens is 216 g/mol. The second-order valence-electron chi connectivity index (χ2n) is 3.30. The Morgan fingerprint density at radius 2 is 2.29 bits per heavy atom. The molecule has 0 radical (unpaired) electrons. The Morgan fingerprint density at radius 3 is 2.86 bits per heavy atom. The van der Waals surface area contributed by atoms with Crippen LogP contribution in [0.3, 0.4) is 0 Å². The minimum Gasteiger partial charge on any atom is -0.257 e.